The van der Waals surface area contributed by atoms with Gasteiger partial charge in [0.25, 0.3) is 0 Å². The van der Waals surface area contributed by atoms with Gasteiger partial charge in [0.15, 0.2) is 0 Å². The number of halogens is 1. The number of esters is 1. The van der Waals surface area contributed by atoms with Gasteiger partial charge in [-0.25, -0.2) is 9.78 Å². The second-order valence-corrected chi connectivity index (χ2v) is 9.85. The van der Waals surface area contributed by atoms with Crippen LogP contribution in [0.25, 0.3) is 11.0 Å². The molecule has 0 radical (unpaired) electrons. The van der Waals surface area contributed by atoms with E-state index in [1.807, 2.05) is 59.7 Å². The van der Waals surface area contributed by atoms with E-state index in [1.54, 1.807) is 0 Å². The minimum atomic E-state index is -0.535. The van der Waals surface area contributed by atoms with Crippen molar-refractivity contribution in [3.8, 4) is 0 Å². The van der Waals surface area contributed by atoms with Crippen LogP contribution in [-0.4, -0.2) is 33.8 Å². The van der Waals surface area contributed by atoms with E-state index in [0.717, 1.165) is 41.8 Å². The molecule has 1 aromatic carbocycles. The number of ether oxygens (including phenoxy) is 2. The number of hydrogen-bond donors (Lipinski definition) is 1. The Kier molecular flexibility index (Phi) is 8.34. The van der Waals surface area contributed by atoms with Gasteiger partial charge >= 0.3 is 12.1 Å². The van der Waals surface area contributed by atoms with Gasteiger partial charge in [0, 0.05) is 13.1 Å². The summed E-state index contributed by atoms with van der Waals surface area (Å²) >= 11 is 6.11. The highest BCUT2D eigenvalue weighted by Gasteiger charge is 2.22. The van der Waals surface area contributed by atoms with Crippen molar-refractivity contribution >= 4 is 34.7 Å². The van der Waals surface area contributed by atoms with Crippen LogP contribution in [0.3, 0.4) is 0 Å². The van der Waals surface area contributed by atoms with Gasteiger partial charge in [-0.15, -0.1) is 11.6 Å². The van der Waals surface area contributed by atoms with Crippen molar-refractivity contribution < 1.29 is 19.1 Å². The standard InChI is InChI=1S/C23H34ClN3O4/c1-22(2,3)20(28)30-12-8-7-11-27-18-10-9-16(13-17(18)26-19(27)14-24)15-25-21(29)31-23(4,5)6/h9-10,13H,7-8,11-12,14-15H2,1-6H3,(H,25,29). The lowest BCUT2D eigenvalue weighted by Crippen LogP contribution is -2.32. The number of rotatable bonds is 8. The summed E-state index contributed by atoms with van der Waals surface area (Å²) in [4.78, 5) is 28.3. The molecule has 0 aliphatic carbocycles. The smallest absolute Gasteiger partial charge is 0.407 e. The molecule has 0 bridgehead atoms. The molecule has 0 atom stereocenters. The van der Waals surface area contributed by atoms with Crippen molar-refractivity contribution in [3.63, 3.8) is 0 Å². The normalized spacial score (nSPS) is 12.1. The number of fused-ring (bicyclic) bond motifs is 1. The van der Waals surface area contributed by atoms with E-state index >= 15 is 0 Å². The van der Waals surface area contributed by atoms with Gasteiger partial charge < -0.3 is 19.4 Å². The van der Waals surface area contributed by atoms with Crippen LogP contribution in [0.5, 0.6) is 0 Å². The predicted octanol–water partition coefficient (Wildman–Crippen LogP) is 5.17. The number of benzene rings is 1. The largest absolute Gasteiger partial charge is 0.465 e. The molecule has 1 N–H and O–H groups in total. The van der Waals surface area contributed by atoms with Crippen molar-refractivity contribution in [1.82, 2.24) is 14.9 Å². The zero-order valence-electron chi connectivity index (χ0n) is 19.4. The summed E-state index contributed by atoms with van der Waals surface area (Å²) < 4.78 is 12.7. The number of alkyl halides is 1. The van der Waals surface area contributed by atoms with E-state index in [-0.39, 0.29) is 5.97 Å². The third-order valence-electron chi connectivity index (χ3n) is 4.47. The first-order chi connectivity index (χ1) is 14.4. The van der Waals surface area contributed by atoms with E-state index in [9.17, 15) is 9.59 Å². The first-order valence-electron chi connectivity index (χ1n) is 10.6. The van der Waals surface area contributed by atoms with Crippen LogP contribution in [0.2, 0.25) is 0 Å². The molecule has 7 nitrogen and oxygen atoms in total. The molecular formula is C23H34ClN3O4. The Bertz CT molecular complexity index is 910. The lowest BCUT2D eigenvalue weighted by Gasteiger charge is -2.19. The number of amides is 1. The average molecular weight is 452 g/mol. The summed E-state index contributed by atoms with van der Waals surface area (Å²) in [5.41, 5.74) is 1.73. The maximum atomic E-state index is 11.9. The van der Waals surface area contributed by atoms with Crippen LogP contribution < -0.4 is 5.32 Å². The Morgan fingerprint density at radius 3 is 2.45 bits per heavy atom. The van der Waals surface area contributed by atoms with Crippen molar-refractivity contribution in [2.45, 2.75) is 79.0 Å². The maximum Gasteiger partial charge on any atom is 0.407 e. The molecule has 0 aliphatic heterocycles. The van der Waals surface area contributed by atoms with Gasteiger partial charge in [0.05, 0.1) is 28.9 Å². The number of aryl methyl sites for hydroxylation is 1. The summed E-state index contributed by atoms with van der Waals surface area (Å²) in [6.45, 7) is 12.5. The number of alkyl carbamates (subject to hydrolysis) is 1. The summed E-state index contributed by atoms with van der Waals surface area (Å²) in [6, 6.07) is 5.90. The maximum absolute atomic E-state index is 11.9. The van der Waals surface area contributed by atoms with Crippen molar-refractivity contribution in [2.24, 2.45) is 5.41 Å². The first-order valence-corrected chi connectivity index (χ1v) is 11.1. The van der Waals surface area contributed by atoms with Crippen molar-refractivity contribution in [3.05, 3.63) is 29.6 Å². The average Bonchev–Trinajstić information content (AvgIpc) is 3.00. The number of hydrogen-bond acceptors (Lipinski definition) is 5. The van der Waals surface area contributed by atoms with Crippen LogP contribution >= 0.6 is 11.6 Å². The van der Waals surface area contributed by atoms with E-state index in [2.05, 4.69) is 14.9 Å². The molecule has 0 saturated carbocycles. The molecule has 31 heavy (non-hydrogen) atoms. The molecule has 0 fully saturated rings. The number of nitrogens with zero attached hydrogens (tertiary/aromatic N) is 2. The van der Waals surface area contributed by atoms with E-state index in [1.165, 1.54) is 0 Å². The number of carbonyl (C=O) groups excluding carboxylic acids is 2. The highest BCUT2D eigenvalue weighted by molar-refractivity contribution is 6.16. The van der Waals surface area contributed by atoms with Gasteiger partial charge in [-0.05, 0) is 72.1 Å². The summed E-state index contributed by atoms with van der Waals surface area (Å²) in [7, 11) is 0. The minimum Gasteiger partial charge on any atom is -0.465 e. The Morgan fingerprint density at radius 2 is 1.84 bits per heavy atom. The molecule has 2 rings (SSSR count). The summed E-state index contributed by atoms with van der Waals surface area (Å²) in [5, 5.41) is 2.76. The van der Waals surface area contributed by atoms with Gasteiger partial charge in [0.2, 0.25) is 0 Å². The van der Waals surface area contributed by atoms with Gasteiger partial charge in [-0.2, -0.15) is 0 Å². The molecule has 2 aromatic rings. The summed E-state index contributed by atoms with van der Waals surface area (Å²) in [5.74, 6) is 0.911. The minimum absolute atomic E-state index is 0.186. The molecule has 0 spiro atoms. The molecule has 0 saturated heterocycles. The Morgan fingerprint density at radius 1 is 1.13 bits per heavy atom. The molecule has 8 heteroatoms. The number of aromatic nitrogens is 2. The quantitative estimate of drug-likeness (QED) is 0.340. The van der Waals surface area contributed by atoms with Gasteiger partial charge in [-0.3, -0.25) is 4.79 Å². The van der Waals surface area contributed by atoms with Crippen LogP contribution in [-0.2, 0) is 33.2 Å². The third-order valence-corrected chi connectivity index (χ3v) is 4.71. The van der Waals surface area contributed by atoms with Gasteiger partial charge in [-0.1, -0.05) is 6.07 Å². The lowest BCUT2D eigenvalue weighted by molar-refractivity contribution is -0.153. The molecule has 1 heterocycles. The molecule has 0 unspecified atom stereocenters. The molecule has 1 aromatic heterocycles. The fourth-order valence-corrected chi connectivity index (χ4v) is 3.13. The van der Waals surface area contributed by atoms with E-state index in [4.69, 9.17) is 21.1 Å². The Labute approximate surface area is 189 Å². The van der Waals surface area contributed by atoms with Crippen LogP contribution in [0, 0.1) is 5.41 Å². The fraction of sp³-hybridized carbons (Fsp3) is 0.609. The monoisotopic (exact) mass is 451 g/mol. The van der Waals surface area contributed by atoms with E-state index in [0.29, 0.717) is 19.0 Å². The third kappa shape index (κ3) is 7.73. The highest BCUT2D eigenvalue weighted by Crippen LogP contribution is 2.21. The SMILES string of the molecule is CC(C)(C)OC(=O)NCc1ccc2c(c1)nc(CCl)n2CCCCOC(=O)C(C)(C)C. The second kappa shape index (κ2) is 10.4. The van der Waals surface area contributed by atoms with E-state index < -0.39 is 17.1 Å². The molecule has 1 amide bonds. The number of imidazole rings is 1. The van der Waals surface area contributed by atoms with Crippen molar-refractivity contribution in [2.75, 3.05) is 6.61 Å². The molecular weight excluding hydrogens is 418 g/mol. The Hall–Kier alpha value is -2.28. The van der Waals surface area contributed by atoms with Crippen LogP contribution in [0.1, 0.15) is 65.8 Å². The van der Waals surface area contributed by atoms with Crippen LogP contribution in [0.4, 0.5) is 4.79 Å². The van der Waals surface area contributed by atoms with Gasteiger partial charge in [0.1, 0.15) is 11.4 Å². The zero-order valence-corrected chi connectivity index (χ0v) is 20.1. The van der Waals surface area contributed by atoms with Crippen LogP contribution in [0.15, 0.2) is 18.2 Å². The predicted molar refractivity (Wildman–Crippen MR) is 122 cm³/mol. The number of unbranched alkanes of at least 4 members (excludes halogenated alkanes) is 1. The number of carbonyl (C=O) groups is 2. The highest BCUT2D eigenvalue weighted by atomic mass is 35.5. The topological polar surface area (TPSA) is 82.4 Å². The second-order valence-electron chi connectivity index (χ2n) is 9.58. The lowest BCUT2D eigenvalue weighted by atomic mass is 9.97. The fourth-order valence-electron chi connectivity index (χ4n) is 2.93. The first kappa shape index (κ1) is 25.0. The Balaban J connectivity index is 1.96. The summed E-state index contributed by atoms with van der Waals surface area (Å²) in [6.07, 6.45) is 1.15. The molecule has 172 valence electrons. The zero-order chi connectivity index (χ0) is 23.2. The molecule has 0 aliphatic rings. The number of nitrogens with one attached hydrogen (secondary N) is 1. The van der Waals surface area contributed by atoms with Crippen molar-refractivity contribution in [1.29, 1.82) is 0 Å².